The van der Waals surface area contributed by atoms with Crippen LogP contribution in [0.1, 0.15) is 53.6 Å². The number of pyridine rings is 1. The largest absolute Gasteiger partial charge is 0.507 e. The van der Waals surface area contributed by atoms with E-state index in [4.69, 9.17) is 0 Å². The minimum atomic E-state index is -0.771. The fourth-order valence-corrected chi connectivity index (χ4v) is 3.92. The topological polar surface area (TPSA) is 70.5 Å². The second-order valence-corrected chi connectivity index (χ2v) is 8.55. The molecule has 0 radical (unpaired) electrons. The number of hydrogen-bond donors (Lipinski definition) is 1. The number of carbonyl (C=O) groups is 2. The Morgan fingerprint density at radius 2 is 1.53 bits per heavy atom. The molecule has 5 nitrogen and oxygen atoms in total. The number of aliphatic hydroxyl groups excluding tert-OH is 1. The van der Waals surface area contributed by atoms with Crippen LogP contribution in [0.2, 0.25) is 0 Å². The van der Waals surface area contributed by atoms with E-state index < -0.39 is 17.7 Å². The fourth-order valence-electron chi connectivity index (χ4n) is 3.92. The van der Waals surface area contributed by atoms with Gasteiger partial charge in [-0.1, -0.05) is 74.0 Å². The molecule has 0 bridgehead atoms. The zero-order valence-electron chi connectivity index (χ0n) is 18.7. The van der Waals surface area contributed by atoms with Crippen molar-refractivity contribution in [2.24, 2.45) is 0 Å². The zero-order chi connectivity index (χ0) is 23.0. The van der Waals surface area contributed by atoms with Crippen LogP contribution in [0.4, 0.5) is 5.82 Å². The first kappa shape index (κ1) is 21.5. The number of aromatic nitrogens is 1. The third kappa shape index (κ3) is 3.82. The summed E-state index contributed by atoms with van der Waals surface area (Å²) < 4.78 is 0. The van der Waals surface area contributed by atoms with Gasteiger partial charge in [0.25, 0.3) is 5.78 Å². The molecule has 2 heterocycles. The van der Waals surface area contributed by atoms with Gasteiger partial charge in [-0.15, -0.1) is 0 Å². The van der Waals surface area contributed by atoms with E-state index in [0.717, 1.165) is 22.3 Å². The lowest BCUT2D eigenvalue weighted by molar-refractivity contribution is -0.132. The average Bonchev–Trinajstić information content (AvgIpc) is 3.05. The summed E-state index contributed by atoms with van der Waals surface area (Å²) in [6.45, 7) is 8.07. The number of nitrogens with zero attached hydrogens (tertiary/aromatic N) is 2. The van der Waals surface area contributed by atoms with Gasteiger partial charge < -0.3 is 5.11 Å². The molecular weight excluding hydrogens is 400 g/mol. The second kappa shape index (κ2) is 8.42. The monoisotopic (exact) mass is 426 g/mol. The number of Topliss-reactive ketones (excluding diaryl/α,β-unsaturated/α-hetero) is 1. The first-order chi connectivity index (χ1) is 15.3. The Hall–Kier alpha value is -3.73. The van der Waals surface area contributed by atoms with Gasteiger partial charge in [0.2, 0.25) is 0 Å². The van der Waals surface area contributed by atoms with Crippen molar-refractivity contribution in [1.29, 1.82) is 0 Å². The summed E-state index contributed by atoms with van der Waals surface area (Å²) in [7, 11) is 0. The van der Waals surface area contributed by atoms with Crippen molar-refractivity contribution >= 4 is 23.3 Å². The second-order valence-electron chi connectivity index (χ2n) is 8.55. The molecule has 2 aromatic carbocycles. The van der Waals surface area contributed by atoms with Crippen LogP contribution in [-0.4, -0.2) is 21.8 Å². The summed E-state index contributed by atoms with van der Waals surface area (Å²) in [5.41, 5.74) is 4.43. The van der Waals surface area contributed by atoms with Crippen molar-refractivity contribution < 1.29 is 14.7 Å². The van der Waals surface area contributed by atoms with E-state index >= 15 is 0 Å². The van der Waals surface area contributed by atoms with Gasteiger partial charge in [-0.25, -0.2) is 4.98 Å². The van der Waals surface area contributed by atoms with E-state index in [0.29, 0.717) is 17.3 Å². The van der Waals surface area contributed by atoms with E-state index in [1.54, 1.807) is 24.4 Å². The Morgan fingerprint density at radius 3 is 2.09 bits per heavy atom. The van der Waals surface area contributed by atoms with Crippen molar-refractivity contribution in [2.45, 2.75) is 39.7 Å². The third-order valence-corrected chi connectivity index (χ3v) is 5.83. The molecule has 4 rings (SSSR count). The van der Waals surface area contributed by atoms with E-state index in [1.807, 2.05) is 56.3 Å². The van der Waals surface area contributed by atoms with Crippen molar-refractivity contribution in [3.05, 3.63) is 100 Å². The van der Waals surface area contributed by atoms with Gasteiger partial charge in [0, 0.05) is 11.8 Å². The van der Waals surface area contributed by atoms with Gasteiger partial charge in [0.1, 0.15) is 11.6 Å². The Kier molecular flexibility index (Phi) is 5.66. The van der Waals surface area contributed by atoms with Crippen LogP contribution in [-0.2, 0) is 9.59 Å². The minimum Gasteiger partial charge on any atom is -0.507 e. The first-order valence-corrected chi connectivity index (χ1v) is 10.7. The molecular formula is C27H26N2O3. The maximum Gasteiger partial charge on any atom is 0.301 e. The summed E-state index contributed by atoms with van der Waals surface area (Å²) in [5, 5.41) is 11.1. The van der Waals surface area contributed by atoms with Gasteiger partial charge in [-0.05, 0) is 42.5 Å². The van der Waals surface area contributed by atoms with Gasteiger partial charge in [-0.3, -0.25) is 14.5 Å². The molecule has 1 unspecified atom stereocenters. The summed E-state index contributed by atoms with van der Waals surface area (Å²) in [4.78, 5) is 32.1. The van der Waals surface area contributed by atoms with Crippen LogP contribution >= 0.6 is 0 Å². The molecule has 1 aliphatic rings. The normalized spacial score (nSPS) is 17.9. The zero-order valence-corrected chi connectivity index (χ0v) is 18.7. The average molecular weight is 427 g/mol. The number of amides is 1. The quantitative estimate of drug-likeness (QED) is 0.342. The van der Waals surface area contributed by atoms with Crippen molar-refractivity contribution in [1.82, 2.24) is 4.98 Å². The number of benzene rings is 2. The molecule has 0 saturated carbocycles. The summed E-state index contributed by atoms with van der Waals surface area (Å²) in [6.07, 6.45) is 1.66. The molecule has 1 aliphatic heterocycles. The SMILES string of the molecule is Cc1ccc(/C(O)=C2/C(=O)C(=O)N(c3ccc(C)cn3)C2c2ccc(C(C)C)cc2)cc1. The molecule has 162 valence electrons. The highest BCUT2D eigenvalue weighted by molar-refractivity contribution is 6.51. The van der Waals surface area contributed by atoms with Crippen molar-refractivity contribution in [3.8, 4) is 0 Å². The molecule has 1 atom stereocenters. The van der Waals surface area contributed by atoms with Crippen LogP contribution < -0.4 is 4.90 Å². The highest BCUT2D eigenvalue weighted by Crippen LogP contribution is 2.41. The molecule has 1 N–H and O–H groups in total. The van der Waals surface area contributed by atoms with Gasteiger partial charge in [0.05, 0.1) is 11.6 Å². The van der Waals surface area contributed by atoms with E-state index in [2.05, 4.69) is 18.8 Å². The van der Waals surface area contributed by atoms with Crippen molar-refractivity contribution in [2.75, 3.05) is 4.90 Å². The predicted molar refractivity (Wildman–Crippen MR) is 125 cm³/mol. The minimum absolute atomic E-state index is 0.0681. The lowest BCUT2D eigenvalue weighted by Crippen LogP contribution is -2.30. The molecule has 0 aliphatic carbocycles. The Morgan fingerprint density at radius 1 is 0.906 bits per heavy atom. The van der Waals surface area contributed by atoms with Crippen LogP contribution in [0.15, 0.2) is 72.4 Å². The van der Waals surface area contributed by atoms with E-state index in [-0.39, 0.29) is 11.3 Å². The maximum atomic E-state index is 13.2. The van der Waals surface area contributed by atoms with Gasteiger partial charge in [0.15, 0.2) is 0 Å². The standard InChI is InChI=1S/C27H26N2O3/c1-16(2)19-10-12-20(13-11-19)24-23(25(30)21-8-5-17(3)6-9-21)26(31)27(32)29(24)22-14-7-18(4)15-28-22/h5-16,24,30H,1-4H3/b25-23-. The van der Waals surface area contributed by atoms with E-state index in [9.17, 15) is 14.7 Å². The molecule has 1 saturated heterocycles. The van der Waals surface area contributed by atoms with E-state index in [1.165, 1.54) is 4.90 Å². The van der Waals surface area contributed by atoms with Crippen LogP contribution in [0.5, 0.6) is 0 Å². The maximum absolute atomic E-state index is 13.2. The van der Waals surface area contributed by atoms with Crippen LogP contribution in [0.25, 0.3) is 5.76 Å². The highest BCUT2D eigenvalue weighted by Gasteiger charge is 2.47. The lowest BCUT2D eigenvalue weighted by atomic mass is 9.93. The molecule has 1 fully saturated rings. The summed E-state index contributed by atoms with van der Waals surface area (Å²) in [5.74, 6) is -0.882. The fraction of sp³-hybridized carbons (Fsp3) is 0.222. The Labute approximate surface area is 188 Å². The number of hydrogen-bond acceptors (Lipinski definition) is 4. The summed E-state index contributed by atoms with van der Waals surface area (Å²) in [6, 6.07) is 17.8. The molecule has 1 aromatic heterocycles. The molecule has 32 heavy (non-hydrogen) atoms. The van der Waals surface area contributed by atoms with Crippen molar-refractivity contribution in [3.63, 3.8) is 0 Å². The first-order valence-electron chi connectivity index (χ1n) is 10.7. The molecule has 0 spiro atoms. The summed E-state index contributed by atoms with van der Waals surface area (Å²) >= 11 is 0. The van der Waals surface area contributed by atoms with Gasteiger partial charge in [-0.2, -0.15) is 0 Å². The Balaban J connectivity index is 1.91. The molecule has 3 aromatic rings. The lowest BCUT2D eigenvalue weighted by Gasteiger charge is -2.25. The van der Waals surface area contributed by atoms with Crippen LogP contribution in [0, 0.1) is 13.8 Å². The molecule has 5 heteroatoms. The number of rotatable bonds is 4. The predicted octanol–water partition coefficient (Wildman–Crippen LogP) is 5.45. The third-order valence-electron chi connectivity index (χ3n) is 5.83. The van der Waals surface area contributed by atoms with Crippen LogP contribution in [0.3, 0.4) is 0 Å². The Bertz CT molecular complexity index is 1190. The smallest absolute Gasteiger partial charge is 0.301 e. The highest BCUT2D eigenvalue weighted by atomic mass is 16.3. The number of carbonyl (C=O) groups excluding carboxylic acids is 2. The van der Waals surface area contributed by atoms with Gasteiger partial charge >= 0.3 is 5.91 Å². The number of aryl methyl sites for hydroxylation is 2. The number of ketones is 1. The number of aliphatic hydroxyl groups is 1. The number of anilines is 1. The molecule has 1 amide bonds.